The van der Waals surface area contributed by atoms with Gasteiger partial charge in [0.2, 0.25) is 0 Å². The smallest absolute Gasteiger partial charge is 0.0457 e. The Morgan fingerprint density at radius 3 is 2.00 bits per heavy atom. The zero-order valence-electron chi connectivity index (χ0n) is 18.9. The number of nitrogens with zero attached hydrogens (tertiary/aromatic N) is 1. The predicted molar refractivity (Wildman–Crippen MR) is 126 cm³/mol. The predicted octanol–water partition coefficient (Wildman–Crippen LogP) is 8.05. The Balaban J connectivity index is 2.03. The van der Waals surface area contributed by atoms with E-state index in [0.717, 1.165) is 0 Å². The fraction of sp³-hybridized carbons (Fsp3) is 0.357. The molecule has 0 heterocycles. The Morgan fingerprint density at radius 2 is 1.38 bits per heavy atom. The minimum absolute atomic E-state index is 0.0349. The molecule has 0 radical (unpaired) electrons. The summed E-state index contributed by atoms with van der Waals surface area (Å²) in [5, 5.41) is 0. The van der Waals surface area contributed by atoms with Crippen LogP contribution in [0.2, 0.25) is 0 Å². The lowest BCUT2D eigenvalue weighted by Crippen LogP contribution is -2.38. The Bertz CT molecular complexity index is 1040. The minimum atomic E-state index is -0.0349. The molecular weight excluding hydrogens is 350 g/mol. The van der Waals surface area contributed by atoms with E-state index in [1.165, 1.54) is 39.2 Å². The van der Waals surface area contributed by atoms with Crippen molar-refractivity contribution in [2.45, 2.75) is 65.3 Å². The molecule has 0 unspecified atom stereocenters. The van der Waals surface area contributed by atoms with E-state index in [4.69, 9.17) is 0 Å². The molecule has 0 bridgehead atoms. The van der Waals surface area contributed by atoms with Crippen molar-refractivity contribution in [3.8, 4) is 11.1 Å². The summed E-state index contributed by atoms with van der Waals surface area (Å²) in [5.41, 5.74) is 9.64. The van der Waals surface area contributed by atoms with E-state index in [9.17, 15) is 0 Å². The maximum Gasteiger partial charge on any atom is 0.0457 e. The highest BCUT2D eigenvalue weighted by Crippen LogP contribution is 2.52. The first-order valence-corrected chi connectivity index (χ1v) is 10.8. The summed E-state index contributed by atoms with van der Waals surface area (Å²) < 4.78 is 0. The van der Waals surface area contributed by atoms with Crippen molar-refractivity contribution in [3.63, 3.8) is 0 Å². The largest absolute Gasteiger partial charge is 0.336 e. The van der Waals surface area contributed by atoms with Crippen molar-refractivity contribution >= 4 is 11.4 Å². The van der Waals surface area contributed by atoms with E-state index in [1.807, 2.05) is 0 Å². The van der Waals surface area contributed by atoms with E-state index in [1.54, 1.807) is 0 Å². The van der Waals surface area contributed by atoms with Crippen molar-refractivity contribution in [3.05, 3.63) is 83.4 Å². The van der Waals surface area contributed by atoms with Crippen LogP contribution in [0.4, 0.5) is 11.4 Å². The number of para-hydroxylation sites is 1. The van der Waals surface area contributed by atoms with Crippen LogP contribution in [-0.4, -0.2) is 5.54 Å². The molecule has 1 heteroatoms. The zero-order valence-corrected chi connectivity index (χ0v) is 18.9. The summed E-state index contributed by atoms with van der Waals surface area (Å²) in [7, 11) is 0. The molecule has 29 heavy (non-hydrogen) atoms. The second-order valence-corrected chi connectivity index (χ2v) is 10.1. The first-order valence-electron chi connectivity index (χ1n) is 10.8. The van der Waals surface area contributed by atoms with Gasteiger partial charge in [0.15, 0.2) is 0 Å². The fourth-order valence-electron chi connectivity index (χ4n) is 4.87. The summed E-state index contributed by atoms with van der Waals surface area (Å²) >= 11 is 0. The van der Waals surface area contributed by atoms with Gasteiger partial charge in [-0.25, -0.2) is 0 Å². The molecule has 0 spiro atoms. The second kappa shape index (κ2) is 6.76. The number of anilines is 2. The van der Waals surface area contributed by atoms with Gasteiger partial charge < -0.3 is 4.90 Å². The molecule has 1 nitrogen and oxygen atoms in total. The van der Waals surface area contributed by atoms with Gasteiger partial charge in [0.25, 0.3) is 0 Å². The van der Waals surface area contributed by atoms with Crippen LogP contribution in [0.3, 0.4) is 0 Å². The van der Waals surface area contributed by atoms with Gasteiger partial charge >= 0.3 is 0 Å². The second-order valence-electron chi connectivity index (χ2n) is 10.1. The molecular formula is C28H33N. The Hall–Kier alpha value is -2.54. The minimum Gasteiger partial charge on any atom is -0.336 e. The monoisotopic (exact) mass is 383 g/mol. The molecule has 0 atom stereocenters. The van der Waals surface area contributed by atoms with Crippen LogP contribution in [-0.2, 0) is 5.41 Å². The number of rotatable bonds is 3. The average Bonchev–Trinajstić information content (AvgIpc) is 2.88. The maximum atomic E-state index is 2.51. The van der Waals surface area contributed by atoms with Crippen molar-refractivity contribution in [1.29, 1.82) is 0 Å². The Labute approximate surface area is 176 Å². The average molecular weight is 384 g/mol. The van der Waals surface area contributed by atoms with Gasteiger partial charge in [0, 0.05) is 22.3 Å². The molecule has 0 N–H and O–H groups in total. The van der Waals surface area contributed by atoms with E-state index in [2.05, 4.69) is 120 Å². The molecule has 0 saturated heterocycles. The van der Waals surface area contributed by atoms with E-state index < -0.39 is 0 Å². The highest BCUT2D eigenvalue weighted by Gasteiger charge is 2.37. The normalized spacial score (nSPS) is 14.6. The summed E-state index contributed by atoms with van der Waals surface area (Å²) in [6.07, 6.45) is 0. The molecule has 150 valence electrons. The Morgan fingerprint density at radius 1 is 0.759 bits per heavy atom. The number of hydrogen-bond donors (Lipinski definition) is 0. The summed E-state index contributed by atoms with van der Waals surface area (Å²) in [6, 6.07) is 24.7. The highest BCUT2D eigenvalue weighted by atomic mass is 15.2. The van der Waals surface area contributed by atoms with Crippen LogP contribution in [0.25, 0.3) is 11.1 Å². The molecule has 0 fully saturated rings. The molecule has 0 amide bonds. The van der Waals surface area contributed by atoms with Gasteiger partial charge in [-0.3, -0.25) is 0 Å². The lowest BCUT2D eigenvalue weighted by molar-refractivity contribution is 0.557. The van der Waals surface area contributed by atoms with Crippen molar-refractivity contribution in [1.82, 2.24) is 0 Å². The molecule has 3 aromatic rings. The molecule has 1 aliphatic rings. The zero-order chi connectivity index (χ0) is 21.0. The first kappa shape index (κ1) is 19.8. The van der Waals surface area contributed by atoms with Crippen LogP contribution < -0.4 is 4.90 Å². The topological polar surface area (TPSA) is 3.24 Å². The number of hydrogen-bond acceptors (Lipinski definition) is 1. The third-order valence-electron chi connectivity index (χ3n) is 6.28. The van der Waals surface area contributed by atoms with Crippen molar-refractivity contribution in [2.24, 2.45) is 0 Å². The van der Waals surface area contributed by atoms with Gasteiger partial charge in [0.1, 0.15) is 0 Å². The van der Waals surface area contributed by atoms with Crippen LogP contribution in [0, 0.1) is 0 Å². The maximum absolute atomic E-state index is 2.51. The van der Waals surface area contributed by atoms with Crippen LogP contribution >= 0.6 is 0 Å². The van der Waals surface area contributed by atoms with Gasteiger partial charge in [-0.1, -0.05) is 76.2 Å². The Kier molecular flexibility index (Phi) is 4.61. The standard InChI is InChI=1S/C28H33N/c1-19(2)22-17-25-23(21-15-11-12-16-24(21)28(25,6)7)18-26(22)29(27(3,4)5)20-13-9-8-10-14-20/h8-19H,1-7H3. The van der Waals surface area contributed by atoms with E-state index >= 15 is 0 Å². The molecule has 0 aliphatic heterocycles. The van der Waals surface area contributed by atoms with Crippen molar-refractivity contribution in [2.75, 3.05) is 4.90 Å². The third-order valence-corrected chi connectivity index (χ3v) is 6.28. The molecule has 1 aliphatic carbocycles. The van der Waals surface area contributed by atoms with E-state index in [0.29, 0.717) is 5.92 Å². The highest BCUT2D eigenvalue weighted by molar-refractivity contribution is 5.86. The number of fused-ring (bicyclic) bond motifs is 3. The summed E-state index contributed by atoms with van der Waals surface area (Å²) in [4.78, 5) is 2.51. The molecule has 0 aromatic heterocycles. The molecule has 0 saturated carbocycles. The van der Waals surface area contributed by atoms with E-state index in [-0.39, 0.29) is 11.0 Å². The van der Waals surface area contributed by atoms with Gasteiger partial charge in [-0.05, 0) is 72.7 Å². The summed E-state index contributed by atoms with van der Waals surface area (Å²) in [6.45, 7) is 16.2. The lowest BCUT2D eigenvalue weighted by Gasteiger charge is -2.40. The first-order chi connectivity index (χ1) is 13.6. The van der Waals surface area contributed by atoms with Gasteiger partial charge in [-0.2, -0.15) is 0 Å². The van der Waals surface area contributed by atoms with Crippen LogP contribution in [0.5, 0.6) is 0 Å². The lowest BCUT2D eigenvalue weighted by atomic mass is 9.81. The van der Waals surface area contributed by atoms with Crippen LogP contribution in [0.1, 0.15) is 71.1 Å². The van der Waals surface area contributed by atoms with Gasteiger partial charge in [-0.15, -0.1) is 0 Å². The van der Waals surface area contributed by atoms with Crippen molar-refractivity contribution < 1.29 is 0 Å². The van der Waals surface area contributed by atoms with Crippen LogP contribution in [0.15, 0.2) is 66.7 Å². The SMILES string of the molecule is CC(C)c1cc2c(cc1N(c1ccccc1)C(C)(C)C)-c1ccccc1C2(C)C. The third kappa shape index (κ3) is 3.17. The summed E-state index contributed by atoms with van der Waals surface area (Å²) in [5.74, 6) is 0.448. The number of benzene rings is 3. The van der Waals surface area contributed by atoms with Gasteiger partial charge in [0.05, 0.1) is 0 Å². The molecule has 4 rings (SSSR count). The fourth-order valence-corrected chi connectivity index (χ4v) is 4.87. The quantitative estimate of drug-likeness (QED) is 0.442. The molecule has 3 aromatic carbocycles.